The first-order chi connectivity index (χ1) is 12.5. The summed E-state index contributed by atoms with van der Waals surface area (Å²) >= 11 is 0. The maximum absolute atomic E-state index is 12.1. The summed E-state index contributed by atoms with van der Waals surface area (Å²) in [6.45, 7) is 2.20. The van der Waals surface area contributed by atoms with E-state index in [2.05, 4.69) is 5.32 Å². The lowest BCUT2D eigenvalue weighted by Gasteiger charge is -2.11. The van der Waals surface area contributed by atoms with Crippen LogP contribution in [0.5, 0.6) is 11.5 Å². The number of hydrogen-bond donors (Lipinski definition) is 1. The van der Waals surface area contributed by atoms with Gasteiger partial charge in [0.05, 0.1) is 26.4 Å². The molecule has 138 valence electrons. The lowest BCUT2D eigenvalue weighted by Crippen LogP contribution is -2.15. The van der Waals surface area contributed by atoms with Crippen LogP contribution in [0.25, 0.3) is 0 Å². The summed E-state index contributed by atoms with van der Waals surface area (Å²) < 4.78 is 15.4. The van der Waals surface area contributed by atoms with Gasteiger partial charge in [0.1, 0.15) is 11.5 Å². The van der Waals surface area contributed by atoms with Crippen LogP contribution in [0, 0.1) is 6.92 Å². The van der Waals surface area contributed by atoms with Crippen LogP contribution in [0.2, 0.25) is 0 Å². The van der Waals surface area contributed by atoms with E-state index in [4.69, 9.17) is 14.2 Å². The fourth-order valence-corrected chi connectivity index (χ4v) is 2.41. The highest BCUT2D eigenvalue weighted by molar-refractivity contribution is 5.96. The zero-order valence-electron chi connectivity index (χ0n) is 15.2. The minimum atomic E-state index is -0.425. The second-order valence-corrected chi connectivity index (χ2v) is 5.65. The topological polar surface area (TPSA) is 73.9 Å². The number of rotatable bonds is 8. The van der Waals surface area contributed by atoms with Gasteiger partial charge in [-0.2, -0.15) is 0 Å². The Bertz CT molecular complexity index is 755. The van der Waals surface area contributed by atoms with Crippen LogP contribution in [-0.4, -0.2) is 32.7 Å². The minimum absolute atomic E-state index is 0.131. The molecule has 0 aliphatic heterocycles. The molecular weight excluding hydrogens is 334 g/mol. The first-order valence-corrected chi connectivity index (χ1v) is 8.29. The normalized spacial score (nSPS) is 10.1. The van der Waals surface area contributed by atoms with Crippen molar-refractivity contribution < 1.29 is 23.8 Å². The Balaban J connectivity index is 1.81. The van der Waals surface area contributed by atoms with Gasteiger partial charge in [0.2, 0.25) is 5.91 Å². The Kier molecular flexibility index (Phi) is 7.02. The highest BCUT2D eigenvalue weighted by Crippen LogP contribution is 2.20. The van der Waals surface area contributed by atoms with Gasteiger partial charge in [-0.05, 0) is 55.3 Å². The van der Waals surface area contributed by atoms with Crippen molar-refractivity contribution in [2.75, 3.05) is 26.1 Å². The predicted octanol–water partition coefficient (Wildman–Crippen LogP) is 3.59. The number of anilines is 1. The van der Waals surface area contributed by atoms with Crippen molar-refractivity contribution in [3.63, 3.8) is 0 Å². The van der Waals surface area contributed by atoms with Crippen LogP contribution in [0.1, 0.15) is 28.8 Å². The maximum atomic E-state index is 12.1. The maximum Gasteiger partial charge on any atom is 0.338 e. The average molecular weight is 357 g/mol. The number of carbonyl (C=O) groups excluding carboxylic acids is 2. The second kappa shape index (κ2) is 9.46. The molecule has 6 heteroatoms. The molecular formula is C20H23NO5. The third kappa shape index (κ3) is 5.24. The van der Waals surface area contributed by atoms with Crippen LogP contribution in [0.15, 0.2) is 42.5 Å². The van der Waals surface area contributed by atoms with Crippen molar-refractivity contribution in [2.24, 2.45) is 0 Å². The van der Waals surface area contributed by atoms with E-state index in [-0.39, 0.29) is 5.91 Å². The number of esters is 1. The number of nitrogens with one attached hydrogen (secondary N) is 1. The molecule has 2 aromatic carbocycles. The van der Waals surface area contributed by atoms with E-state index in [0.717, 1.165) is 11.5 Å². The van der Waals surface area contributed by atoms with Crippen LogP contribution < -0.4 is 14.8 Å². The Hall–Kier alpha value is -3.02. The number of amides is 1. The average Bonchev–Trinajstić information content (AvgIpc) is 2.66. The van der Waals surface area contributed by atoms with E-state index in [9.17, 15) is 9.59 Å². The molecule has 2 aromatic rings. The standard InChI is InChI=1S/C20H23NO5/c1-14-17(20(23)25-3)6-4-7-18(14)21-19(22)8-5-13-26-16-11-9-15(24-2)10-12-16/h4,6-7,9-12H,5,8,13H2,1-3H3,(H,21,22). The fourth-order valence-electron chi connectivity index (χ4n) is 2.41. The monoisotopic (exact) mass is 357 g/mol. The van der Waals surface area contributed by atoms with Gasteiger partial charge in [0.15, 0.2) is 0 Å². The number of carbonyl (C=O) groups is 2. The molecule has 0 atom stereocenters. The molecule has 0 aromatic heterocycles. The summed E-state index contributed by atoms with van der Waals surface area (Å²) in [5, 5.41) is 2.82. The first kappa shape index (κ1) is 19.3. The molecule has 1 N–H and O–H groups in total. The van der Waals surface area contributed by atoms with Crippen LogP contribution >= 0.6 is 0 Å². The molecule has 0 saturated heterocycles. The quantitative estimate of drug-likeness (QED) is 0.577. The molecule has 0 unspecified atom stereocenters. The van der Waals surface area contributed by atoms with Crippen molar-refractivity contribution in [3.05, 3.63) is 53.6 Å². The SMILES string of the molecule is COC(=O)c1cccc(NC(=O)CCCOc2ccc(OC)cc2)c1C. The molecule has 1 amide bonds. The van der Waals surface area contributed by atoms with Crippen molar-refractivity contribution in [1.82, 2.24) is 0 Å². The van der Waals surface area contributed by atoms with Crippen LogP contribution in [0.4, 0.5) is 5.69 Å². The van der Waals surface area contributed by atoms with E-state index >= 15 is 0 Å². The zero-order valence-corrected chi connectivity index (χ0v) is 15.2. The molecule has 0 aliphatic rings. The molecule has 0 fully saturated rings. The highest BCUT2D eigenvalue weighted by atomic mass is 16.5. The number of methoxy groups -OCH3 is 2. The van der Waals surface area contributed by atoms with Gasteiger partial charge < -0.3 is 19.5 Å². The largest absolute Gasteiger partial charge is 0.497 e. The molecule has 0 radical (unpaired) electrons. The third-order valence-electron chi connectivity index (χ3n) is 3.89. The summed E-state index contributed by atoms with van der Waals surface area (Å²) in [6.07, 6.45) is 0.894. The lowest BCUT2D eigenvalue weighted by atomic mass is 10.1. The highest BCUT2D eigenvalue weighted by Gasteiger charge is 2.13. The fraction of sp³-hybridized carbons (Fsp3) is 0.300. The number of hydrogen-bond acceptors (Lipinski definition) is 5. The van der Waals surface area contributed by atoms with E-state index in [1.165, 1.54) is 7.11 Å². The molecule has 6 nitrogen and oxygen atoms in total. The van der Waals surface area contributed by atoms with Gasteiger partial charge >= 0.3 is 5.97 Å². The number of ether oxygens (including phenoxy) is 3. The molecule has 0 bridgehead atoms. The minimum Gasteiger partial charge on any atom is -0.497 e. The molecule has 0 saturated carbocycles. The Morgan fingerprint density at radius 3 is 2.35 bits per heavy atom. The summed E-state index contributed by atoms with van der Waals surface area (Å²) in [5.74, 6) is 0.939. The van der Waals surface area contributed by atoms with E-state index in [1.54, 1.807) is 32.2 Å². The van der Waals surface area contributed by atoms with Gasteiger partial charge in [0.25, 0.3) is 0 Å². The molecule has 0 spiro atoms. The molecule has 26 heavy (non-hydrogen) atoms. The van der Waals surface area contributed by atoms with Crippen molar-refractivity contribution in [3.8, 4) is 11.5 Å². The van der Waals surface area contributed by atoms with Crippen molar-refractivity contribution >= 4 is 17.6 Å². The summed E-state index contributed by atoms with van der Waals surface area (Å²) in [7, 11) is 2.94. The van der Waals surface area contributed by atoms with Gasteiger partial charge in [-0.15, -0.1) is 0 Å². The second-order valence-electron chi connectivity index (χ2n) is 5.65. The van der Waals surface area contributed by atoms with Crippen LogP contribution in [-0.2, 0) is 9.53 Å². The van der Waals surface area contributed by atoms with Gasteiger partial charge in [-0.1, -0.05) is 6.07 Å². The lowest BCUT2D eigenvalue weighted by molar-refractivity contribution is -0.116. The first-order valence-electron chi connectivity index (χ1n) is 8.29. The molecule has 0 aliphatic carbocycles. The predicted molar refractivity (Wildman–Crippen MR) is 98.9 cm³/mol. The molecule has 2 rings (SSSR count). The van der Waals surface area contributed by atoms with E-state index in [1.807, 2.05) is 24.3 Å². The van der Waals surface area contributed by atoms with Crippen molar-refractivity contribution in [2.45, 2.75) is 19.8 Å². The van der Waals surface area contributed by atoms with Gasteiger partial charge in [-0.25, -0.2) is 4.79 Å². The van der Waals surface area contributed by atoms with Crippen molar-refractivity contribution in [1.29, 1.82) is 0 Å². The van der Waals surface area contributed by atoms with E-state index in [0.29, 0.717) is 36.3 Å². The Morgan fingerprint density at radius 2 is 1.69 bits per heavy atom. The smallest absolute Gasteiger partial charge is 0.338 e. The summed E-state index contributed by atoms with van der Waals surface area (Å²) in [5.41, 5.74) is 1.73. The van der Waals surface area contributed by atoms with Crippen LogP contribution in [0.3, 0.4) is 0 Å². The number of benzene rings is 2. The zero-order chi connectivity index (χ0) is 18.9. The van der Waals surface area contributed by atoms with Gasteiger partial charge in [-0.3, -0.25) is 4.79 Å². The Morgan fingerprint density at radius 1 is 1.00 bits per heavy atom. The third-order valence-corrected chi connectivity index (χ3v) is 3.89. The summed E-state index contributed by atoms with van der Waals surface area (Å²) in [6, 6.07) is 12.4. The molecule has 0 heterocycles. The van der Waals surface area contributed by atoms with Gasteiger partial charge in [0, 0.05) is 12.1 Å². The Labute approximate surface area is 153 Å². The van der Waals surface area contributed by atoms with E-state index < -0.39 is 5.97 Å². The summed E-state index contributed by atoms with van der Waals surface area (Å²) in [4.78, 5) is 23.8.